The number of aryl methyl sites for hydroxylation is 1. The van der Waals surface area contributed by atoms with E-state index in [4.69, 9.17) is 9.47 Å². The number of amides is 1. The van der Waals surface area contributed by atoms with Crippen LogP contribution in [-0.4, -0.2) is 34.1 Å². The number of rotatable bonds is 5. The topological polar surface area (TPSA) is 82.5 Å². The van der Waals surface area contributed by atoms with E-state index in [1.807, 2.05) is 52.0 Å². The van der Waals surface area contributed by atoms with Gasteiger partial charge in [-0.1, -0.05) is 12.1 Å². The molecule has 0 saturated heterocycles. The molecule has 0 atom stereocenters. The predicted octanol–water partition coefficient (Wildman–Crippen LogP) is 3.38. The Labute approximate surface area is 153 Å². The molecule has 0 fully saturated rings. The van der Waals surface area contributed by atoms with Crippen LogP contribution in [0.5, 0.6) is 0 Å². The van der Waals surface area contributed by atoms with Crippen LogP contribution < -0.4 is 5.32 Å². The quantitative estimate of drug-likeness (QED) is 0.828. The molecule has 1 heterocycles. The largest absolute Gasteiger partial charge is 0.461 e. The van der Waals surface area contributed by atoms with E-state index < -0.39 is 17.7 Å². The standard InChI is InChI=1S/C19H25N3O4/c1-6-25-17(23)16-10-13(2)21-22(16)15-9-7-8-14(11-15)12-20-18(24)26-19(3,4)5/h7-11H,6,12H2,1-5H3,(H,20,24). The van der Waals surface area contributed by atoms with Gasteiger partial charge >= 0.3 is 12.1 Å². The van der Waals surface area contributed by atoms with Gasteiger partial charge in [0, 0.05) is 6.54 Å². The van der Waals surface area contributed by atoms with Crippen molar-refractivity contribution < 1.29 is 19.1 Å². The first kappa shape index (κ1) is 19.5. The summed E-state index contributed by atoms with van der Waals surface area (Å²) in [5.41, 5.74) is 2.10. The van der Waals surface area contributed by atoms with Crippen molar-refractivity contribution in [2.75, 3.05) is 6.61 Å². The van der Waals surface area contributed by atoms with Crippen molar-refractivity contribution in [3.8, 4) is 5.69 Å². The first-order valence-electron chi connectivity index (χ1n) is 8.49. The number of hydrogen-bond acceptors (Lipinski definition) is 5. The molecule has 0 aliphatic heterocycles. The molecule has 0 bridgehead atoms. The van der Waals surface area contributed by atoms with E-state index in [0.717, 1.165) is 5.56 Å². The minimum absolute atomic E-state index is 0.295. The molecule has 1 aromatic carbocycles. The van der Waals surface area contributed by atoms with E-state index in [1.165, 1.54) is 0 Å². The first-order valence-corrected chi connectivity index (χ1v) is 8.49. The molecule has 0 aliphatic rings. The Morgan fingerprint density at radius 2 is 1.96 bits per heavy atom. The summed E-state index contributed by atoms with van der Waals surface area (Å²) in [4.78, 5) is 23.9. The number of benzene rings is 1. The van der Waals surface area contributed by atoms with Gasteiger partial charge in [-0.25, -0.2) is 14.3 Å². The predicted molar refractivity (Wildman–Crippen MR) is 97.3 cm³/mol. The summed E-state index contributed by atoms with van der Waals surface area (Å²) in [5, 5.41) is 7.09. The van der Waals surface area contributed by atoms with Gasteiger partial charge in [-0.05, 0) is 58.4 Å². The third-order valence-electron chi connectivity index (χ3n) is 3.31. The number of alkyl carbamates (subject to hydrolysis) is 1. The second-order valence-electron chi connectivity index (χ2n) is 6.83. The second-order valence-corrected chi connectivity index (χ2v) is 6.83. The van der Waals surface area contributed by atoms with Crippen molar-refractivity contribution in [3.63, 3.8) is 0 Å². The van der Waals surface area contributed by atoms with Crippen LogP contribution in [0.4, 0.5) is 4.79 Å². The maximum atomic E-state index is 12.1. The van der Waals surface area contributed by atoms with Gasteiger partial charge < -0.3 is 14.8 Å². The van der Waals surface area contributed by atoms with Crippen LogP contribution >= 0.6 is 0 Å². The van der Waals surface area contributed by atoms with Crippen LogP contribution in [0.2, 0.25) is 0 Å². The van der Waals surface area contributed by atoms with E-state index in [2.05, 4.69) is 10.4 Å². The average molecular weight is 359 g/mol. The third kappa shape index (κ3) is 5.34. The molecule has 7 nitrogen and oxygen atoms in total. The average Bonchev–Trinajstić information content (AvgIpc) is 2.94. The lowest BCUT2D eigenvalue weighted by atomic mass is 10.2. The van der Waals surface area contributed by atoms with Crippen molar-refractivity contribution in [1.29, 1.82) is 0 Å². The molecular formula is C19H25N3O4. The summed E-state index contributed by atoms with van der Waals surface area (Å²) in [6.45, 7) is 9.60. The molecule has 26 heavy (non-hydrogen) atoms. The van der Waals surface area contributed by atoms with Gasteiger partial charge in [0.1, 0.15) is 5.60 Å². The fraction of sp³-hybridized carbons (Fsp3) is 0.421. The number of carbonyl (C=O) groups excluding carboxylic acids is 2. The number of carbonyl (C=O) groups is 2. The third-order valence-corrected chi connectivity index (χ3v) is 3.31. The Balaban J connectivity index is 2.17. The highest BCUT2D eigenvalue weighted by Crippen LogP contribution is 2.16. The van der Waals surface area contributed by atoms with Gasteiger partial charge in [-0.2, -0.15) is 5.10 Å². The zero-order chi connectivity index (χ0) is 19.3. The van der Waals surface area contributed by atoms with E-state index in [0.29, 0.717) is 30.2 Å². The first-order chi connectivity index (χ1) is 12.2. The Bertz CT molecular complexity index is 790. The number of esters is 1. The molecule has 0 spiro atoms. The molecule has 0 saturated carbocycles. The number of nitrogens with one attached hydrogen (secondary N) is 1. The molecule has 0 aliphatic carbocycles. The minimum atomic E-state index is -0.549. The maximum absolute atomic E-state index is 12.1. The van der Waals surface area contributed by atoms with Crippen molar-refractivity contribution >= 4 is 12.1 Å². The van der Waals surface area contributed by atoms with Crippen molar-refractivity contribution in [3.05, 3.63) is 47.3 Å². The van der Waals surface area contributed by atoms with Gasteiger partial charge in [0.05, 0.1) is 18.0 Å². The van der Waals surface area contributed by atoms with Crippen LogP contribution in [-0.2, 0) is 16.0 Å². The maximum Gasteiger partial charge on any atom is 0.407 e. The van der Waals surface area contributed by atoms with Gasteiger partial charge in [-0.15, -0.1) is 0 Å². The molecule has 0 unspecified atom stereocenters. The number of hydrogen-bond donors (Lipinski definition) is 1. The summed E-state index contributed by atoms with van der Waals surface area (Å²) < 4.78 is 11.9. The summed E-state index contributed by atoms with van der Waals surface area (Å²) in [7, 11) is 0. The molecule has 7 heteroatoms. The monoisotopic (exact) mass is 359 g/mol. The van der Waals surface area contributed by atoms with Gasteiger partial charge in [0.25, 0.3) is 0 Å². The summed E-state index contributed by atoms with van der Waals surface area (Å²) >= 11 is 0. The van der Waals surface area contributed by atoms with Crippen molar-refractivity contribution in [1.82, 2.24) is 15.1 Å². The fourth-order valence-electron chi connectivity index (χ4n) is 2.33. The molecule has 2 aromatic rings. The van der Waals surface area contributed by atoms with E-state index in [-0.39, 0.29) is 0 Å². The summed E-state index contributed by atoms with van der Waals surface area (Å²) in [5.74, 6) is -0.426. The zero-order valence-electron chi connectivity index (χ0n) is 15.8. The van der Waals surface area contributed by atoms with Crippen LogP contribution in [0.3, 0.4) is 0 Å². The van der Waals surface area contributed by atoms with Crippen molar-refractivity contribution in [2.45, 2.75) is 46.8 Å². The number of ether oxygens (including phenoxy) is 2. The van der Waals surface area contributed by atoms with Crippen LogP contribution in [0.15, 0.2) is 30.3 Å². The van der Waals surface area contributed by atoms with Crippen LogP contribution in [0.25, 0.3) is 5.69 Å². The second kappa shape index (κ2) is 8.03. The van der Waals surface area contributed by atoms with Gasteiger partial charge in [0.15, 0.2) is 5.69 Å². The summed E-state index contributed by atoms with van der Waals surface area (Å²) in [6, 6.07) is 9.09. The zero-order valence-corrected chi connectivity index (χ0v) is 15.8. The van der Waals surface area contributed by atoms with Gasteiger partial charge in [-0.3, -0.25) is 0 Å². The van der Waals surface area contributed by atoms with E-state index >= 15 is 0 Å². The number of aromatic nitrogens is 2. The molecule has 1 N–H and O–H groups in total. The molecule has 1 amide bonds. The Kier molecular flexibility index (Phi) is 6.02. The van der Waals surface area contributed by atoms with Crippen LogP contribution in [0, 0.1) is 6.92 Å². The van der Waals surface area contributed by atoms with Crippen molar-refractivity contribution in [2.24, 2.45) is 0 Å². The smallest absolute Gasteiger partial charge is 0.407 e. The Morgan fingerprint density at radius 3 is 2.62 bits per heavy atom. The molecular weight excluding hydrogens is 334 g/mol. The number of nitrogens with zero attached hydrogens (tertiary/aromatic N) is 2. The van der Waals surface area contributed by atoms with E-state index in [9.17, 15) is 9.59 Å². The van der Waals surface area contributed by atoms with E-state index in [1.54, 1.807) is 17.7 Å². The lowest BCUT2D eigenvalue weighted by Gasteiger charge is -2.19. The summed E-state index contributed by atoms with van der Waals surface area (Å²) in [6.07, 6.45) is -0.481. The normalized spacial score (nSPS) is 11.1. The minimum Gasteiger partial charge on any atom is -0.461 e. The lowest BCUT2D eigenvalue weighted by molar-refractivity contribution is 0.0509. The molecule has 0 radical (unpaired) electrons. The highest BCUT2D eigenvalue weighted by molar-refractivity contribution is 5.88. The SMILES string of the molecule is CCOC(=O)c1cc(C)nn1-c1cccc(CNC(=O)OC(C)(C)C)c1. The highest BCUT2D eigenvalue weighted by atomic mass is 16.6. The Morgan fingerprint density at radius 1 is 1.23 bits per heavy atom. The highest BCUT2D eigenvalue weighted by Gasteiger charge is 2.17. The molecule has 1 aromatic heterocycles. The fourth-order valence-corrected chi connectivity index (χ4v) is 2.33. The Hall–Kier alpha value is -2.83. The molecule has 2 rings (SSSR count). The van der Waals surface area contributed by atoms with Gasteiger partial charge in [0.2, 0.25) is 0 Å². The lowest BCUT2D eigenvalue weighted by Crippen LogP contribution is -2.32. The molecule has 140 valence electrons. The van der Waals surface area contributed by atoms with Crippen LogP contribution in [0.1, 0.15) is 49.4 Å².